The quantitative estimate of drug-likeness (QED) is 0.602. The molecule has 0 aliphatic carbocycles. The van der Waals surface area contributed by atoms with Crippen LogP contribution in [0.5, 0.6) is 0 Å². The number of nitrogens with zero attached hydrogens (tertiary/aromatic N) is 2. The molecule has 4 rings (SSSR count). The topological polar surface area (TPSA) is 62.3 Å². The van der Waals surface area contributed by atoms with Gasteiger partial charge < -0.3 is 4.90 Å². The SMILES string of the molecule is Cc1ccc(-c2ccc(S(=O)(=O)NC3CCN(c4ccc(C(F)(F)F)cn4)C3)cc2)cc1. The van der Waals surface area contributed by atoms with Crippen LogP contribution in [0.15, 0.2) is 71.8 Å². The van der Waals surface area contributed by atoms with Crippen LogP contribution in [0.2, 0.25) is 0 Å². The Morgan fingerprint density at radius 2 is 1.59 bits per heavy atom. The number of hydrogen-bond donors (Lipinski definition) is 1. The van der Waals surface area contributed by atoms with Crippen LogP contribution >= 0.6 is 0 Å². The standard InChI is InChI=1S/C23H22F3N3O2S/c1-16-2-4-17(5-3-16)18-6-9-21(10-7-18)32(30,31)28-20-12-13-29(15-20)22-11-8-19(14-27-22)23(24,25)26/h2-11,14,20,28H,12-13,15H2,1H3. The molecular formula is C23H22F3N3O2S. The number of hydrogen-bond acceptors (Lipinski definition) is 4. The number of anilines is 1. The van der Waals surface area contributed by atoms with Crippen molar-refractivity contribution < 1.29 is 21.6 Å². The Kier molecular flexibility index (Phi) is 5.96. The van der Waals surface area contributed by atoms with Crippen LogP contribution in [0.25, 0.3) is 11.1 Å². The molecule has 0 spiro atoms. The molecule has 1 aliphatic rings. The van der Waals surface area contributed by atoms with Crippen LogP contribution in [-0.2, 0) is 16.2 Å². The van der Waals surface area contributed by atoms with E-state index in [-0.39, 0.29) is 10.9 Å². The molecule has 1 aromatic heterocycles. The Balaban J connectivity index is 1.41. The zero-order chi connectivity index (χ0) is 22.9. The summed E-state index contributed by atoms with van der Waals surface area (Å²) in [5.41, 5.74) is 2.26. The normalized spacial score (nSPS) is 17.0. The van der Waals surface area contributed by atoms with Crippen molar-refractivity contribution in [3.63, 3.8) is 0 Å². The van der Waals surface area contributed by atoms with Gasteiger partial charge in [-0.05, 0) is 48.7 Å². The Labute approximate surface area is 185 Å². The smallest absolute Gasteiger partial charge is 0.355 e. The van der Waals surface area contributed by atoms with Gasteiger partial charge in [-0.2, -0.15) is 13.2 Å². The number of sulfonamides is 1. The third-order valence-corrected chi connectivity index (χ3v) is 7.00. The van der Waals surface area contributed by atoms with Gasteiger partial charge in [0.1, 0.15) is 5.82 Å². The molecule has 0 radical (unpaired) electrons. The molecule has 32 heavy (non-hydrogen) atoms. The molecule has 168 valence electrons. The Morgan fingerprint density at radius 3 is 2.16 bits per heavy atom. The molecule has 1 fully saturated rings. The van der Waals surface area contributed by atoms with Gasteiger partial charge in [0.05, 0.1) is 10.5 Å². The average Bonchev–Trinajstić information content (AvgIpc) is 3.22. The van der Waals surface area contributed by atoms with Crippen LogP contribution in [0.1, 0.15) is 17.5 Å². The fourth-order valence-corrected chi connectivity index (χ4v) is 4.93. The number of rotatable bonds is 5. The number of benzene rings is 2. The van der Waals surface area contributed by atoms with Crippen LogP contribution in [0.3, 0.4) is 0 Å². The van der Waals surface area contributed by atoms with Gasteiger partial charge in [-0.1, -0.05) is 42.0 Å². The predicted molar refractivity (Wildman–Crippen MR) is 117 cm³/mol. The van der Waals surface area contributed by atoms with Crippen LogP contribution in [-0.4, -0.2) is 32.5 Å². The highest BCUT2D eigenvalue weighted by Gasteiger charge is 2.32. The summed E-state index contributed by atoms with van der Waals surface area (Å²) in [6.07, 6.45) is -3.12. The number of aryl methyl sites for hydroxylation is 1. The average molecular weight is 462 g/mol. The summed E-state index contributed by atoms with van der Waals surface area (Å²) in [5, 5.41) is 0. The van der Waals surface area contributed by atoms with E-state index < -0.39 is 21.8 Å². The molecule has 1 aliphatic heterocycles. The first-order chi connectivity index (χ1) is 15.1. The molecule has 0 amide bonds. The van der Waals surface area contributed by atoms with Gasteiger partial charge in [0, 0.05) is 25.3 Å². The summed E-state index contributed by atoms with van der Waals surface area (Å²) in [6.45, 7) is 2.83. The lowest BCUT2D eigenvalue weighted by Crippen LogP contribution is -2.37. The summed E-state index contributed by atoms with van der Waals surface area (Å²) in [5.74, 6) is 0.391. The van der Waals surface area contributed by atoms with Crippen LogP contribution < -0.4 is 9.62 Å². The van der Waals surface area contributed by atoms with Crippen molar-refractivity contribution in [1.29, 1.82) is 0 Å². The fraction of sp³-hybridized carbons (Fsp3) is 0.261. The molecule has 5 nitrogen and oxygen atoms in total. The zero-order valence-corrected chi connectivity index (χ0v) is 18.1. The highest BCUT2D eigenvalue weighted by molar-refractivity contribution is 7.89. The lowest BCUT2D eigenvalue weighted by molar-refractivity contribution is -0.137. The lowest BCUT2D eigenvalue weighted by atomic mass is 10.0. The van der Waals surface area contributed by atoms with E-state index in [1.807, 2.05) is 31.2 Å². The second-order valence-corrected chi connectivity index (χ2v) is 9.56. The number of aromatic nitrogens is 1. The summed E-state index contributed by atoms with van der Waals surface area (Å²) in [7, 11) is -3.73. The first kappa shape index (κ1) is 22.3. The van der Waals surface area contributed by atoms with Gasteiger partial charge in [-0.15, -0.1) is 0 Å². The van der Waals surface area contributed by atoms with Crippen LogP contribution in [0, 0.1) is 6.92 Å². The summed E-state index contributed by atoms with van der Waals surface area (Å²) >= 11 is 0. The van der Waals surface area contributed by atoms with Gasteiger partial charge >= 0.3 is 6.18 Å². The lowest BCUT2D eigenvalue weighted by Gasteiger charge is -2.18. The first-order valence-corrected chi connectivity index (χ1v) is 11.6. The highest BCUT2D eigenvalue weighted by atomic mass is 32.2. The Bertz CT molecular complexity index is 1180. The van der Waals surface area contributed by atoms with E-state index in [0.29, 0.717) is 25.3 Å². The minimum absolute atomic E-state index is 0.166. The minimum Gasteiger partial charge on any atom is -0.355 e. The molecule has 1 unspecified atom stereocenters. The van der Waals surface area contributed by atoms with Crippen molar-refractivity contribution in [2.75, 3.05) is 18.0 Å². The van der Waals surface area contributed by atoms with E-state index in [0.717, 1.165) is 29.0 Å². The predicted octanol–water partition coefficient (Wildman–Crippen LogP) is 4.63. The van der Waals surface area contributed by atoms with Crippen molar-refractivity contribution in [2.45, 2.75) is 30.5 Å². The Hall–Kier alpha value is -2.91. The third-order valence-electron chi connectivity index (χ3n) is 5.46. The summed E-state index contributed by atoms with van der Waals surface area (Å²) in [6, 6.07) is 16.6. The van der Waals surface area contributed by atoms with Gasteiger partial charge in [0.2, 0.25) is 10.0 Å². The van der Waals surface area contributed by atoms with Crippen molar-refractivity contribution in [3.8, 4) is 11.1 Å². The van der Waals surface area contributed by atoms with E-state index in [4.69, 9.17) is 0 Å². The van der Waals surface area contributed by atoms with E-state index in [2.05, 4.69) is 9.71 Å². The van der Waals surface area contributed by atoms with Gasteiger partial charge in [0.15, 0.2) is 0 Å². The number of nitrogens with one attached hydrogen (secondary N) is 1. The van der Waals surface area contributed by atoms with E-state index in [1.165, 1.54) is 6.07 Å². The van der Waals surface area contributed by atoms with Crippen molar-refractivity contribution in [3.05, 3.63) is 78.0 Å². The molecule has 2 aromatic carbocycles. The van der Waals surface area contributed by atoms with Gasteiger partial charge in [-0.25, -0.2) is 18.1 Å². The van der Waals surface area contributed by atoms with E-state index in [9.17, 15) is 21.6 Å². The monoisotopic (exact) mass is 461 g/mol. The molecule has 1 N–H and O–H groups in total. The summed E-state index contributed by atoms with van der Waals surface area (Å²) < 4.78 is 66.5. The Morgan fingerprint density at radius 1 is 0.969 bits per heavy atom. The highest BCUT2D eigenvalue weighted by Crippen LogP contribution is 2.30. The van der Waals surface area contributed by atoms with E-state index in [1.54, 1.807) is 29.2 Å². The molecule has 0 saturated carbocycles. The van der Waals surface area contributed by atoms with Gasteiger partial charge in [-0.3, -0.25) is 0 Å². The molecule has 0 bridgehead atoms. The van der Waals surface area contributed by atoms with Crippen molar-refractivity contribution in [1.82, 2.24) is 9.71 Å². The fourth-order valence-electron chi connectivity index (χ4n) is 3.67. The second kappa shape index (κ2) is 8.55. The minimum atomic E-state index is -4.44. The molecule has 1 atom stereocenters. The zero-order valence-electron chi connectivity index (χ0n) is 17.3. The van der Waals surface area contributed by atoms with E-state index >= 15 is 0 Å². The second-order valence-electron chi connectivity index (χ2n) is 7.85. The first-order valence-electron chi connectivity index (χ1n) is 10.1. The molecule has 9 heteroatoms. The molecule has 3 aromatic rings. The largest absolute Gasteiger partial charge is 0.417 e. The number of pyridine rings is 1. The number of alkyl halides is 3. The maximum atomic E-state index is 12.8. The van der Waals surface area contributed by atoms with Crippen molar-refractivity contribution >= 4 is 15.8 Å². The van der Waals surface area contributed by atoms with Crippen LogP contribution in [0.4, 0.5) is 19.0 Å². The molecular weight excluding hydrogens is 439 g/mol. The maximum Gasteiger partial charge on any atom is 0.417 e. The van der Waals surface area contributed by atoms with Crippen molar-refractivity contribution in [2.24, 2.45) is 0 Å². The maximum absolute atomic E-state index is 12.8. The molecule has 1 saturated heterocycles. The third kappa shape index (κ3) is 4.94. The summed E-state index contributed by atoms with van der Waals surface area (Å²) in [4.78, 5) is 5.83. The number of halogens is 3. The molecule has 2 heterocycles. The van der Waals surface area contributed by atoms with Gasteiger partial charge in [0.25, 0.3) is 0 Å².